The third-order valence-electron chi connectivity index (χ3n) is 3.47. The first kappa shape index (κ1) is 17.8. The van der Waals surface area contributed by atoms with Gasteiger partial charge < -0.3 is 4.74 Å². The van der Waals surface area contributed by atoms with Crippen molar-refractivity contribution in [2.45, 2.75) is 24.8 Å². The van der Waals surface area contributed by atoms with Crippen LogP contribution >= 0.6 is 0 Å². The number of ketones is 1. The molecule has 126 valence electrons. The number of carbonyl (C=O) groups excluding carboxylic acids is 2. The van der Waals surface area contributed by atoms with Crippen LogP contribution < -0.4 is 5.14 Å². The Bertz CT molecular complexity index is 875. The number of Topliss-reactive ketones (excluding diaryl/α,β-unsaturated/α-hetero) is 1. The Hall–Kier alpha value is -2.51. The van der Waals surface area contributed by atoms with Crippen molar-refractivity contribution in [3.05, 3.63) is 65.2 Å². The van der Waals surface area contributed by atoms with E-state index in [9.17, 15) is 18.0 Å². The highest BCUT2D eigenvalue weighted by Gasteiger charge is 2.22. The standard InChI is InChI=1S/C17H17NO5S/c1-11-8-9-14(24(18,21)22)10-15(11)17(20)23-12(2)16(19)13-6-4-3-5-7-13/h3-10,12H,1-2H3,(H2,18,21,22). The Balaban J connectivity index is 2.22. The molecule has 0 bridgehead atoms. The molecule has 0 aliphatic rings. The second-order valence-electron chi connectivity index (χ2n) is 5.30. The maximum Gasteiger partial charge on any atom is 0.339 e. The molecule has 0 spiro atoms. The van der Waals surface area contributed by atoms with Gasteiger partial charge in [-0.3, -0.25) is 4.79 Å². The van der Waals surface area contributed by atoms with Crippen molar-refractivity contribution in [3.8, 4) is 0 Å². The van der Waals surface area contributed by atoms with Crippen LogP contribution in [0.1, 0.15) is 33.2 Å². The van der Waals surface area contributed by atoms with Crippen molar-refractivity contribution in [1.82, 2.24) is 0 Å². The van der Waals surface area contributed by atoms with Crippen molar-refractivity contribution in [2.24, 2.45) is 5.14 Å². The molecule has 6 nitrogen and oxygen atoms in total. The molecule has 0 aliphatic carbocycles. The zero-order chi connectivity index (χ0) is 17.9. The second-order valence-corrected chi connectivity index (χ2v) is 6.86. The quantitative estimate of drug-likeness (QED) is 0.659. The number of hydrogen-bond donors (Lipinski definition) is 1. The first-order chi connectivity index (χ1) is 11.2. The van der Waals surface area contributed by atoms with Gasteiger partial charge >= 0.3 is 5.97 Å². The second kappa shape index (κ2) is 6.94. The summed E-state index contributed by atoms with van der Waals surface area (Å²) in [6.45, 7) is 3.10. The molecule has 2 aromatic carbocycles. The van der Waals surface area contributed by atoms with Gasteiger partial charge in [0.25, 0.3) is 0 Å². The van der Waals surface area contributed by atoms with Gasteiger partial charge in [-0.15, -0.1) is 0 Å². The van der Waals surface area contributed by atoms with Gasteiger partial charge in [-0.25, -0.2) is 18.4 Å². The molecule has 7 heteroatoms. The normalized spacial score (nSPS) is 12.5. The lowest BCUT2D eigenvalue weighted by molar-refractivity contribution is 0.0318. The lowest BCUT2D eigenvalue weighted by Gasteiger charge is -2.14. The van der Waals surface area contributed by atoms with E-state index >= 15 is 0 Å². The third-order valence-corrected chi connectivity index (χ3v) is 4.38. The summed E-state index contributed by atoms with van der Waals surface area (Å²) in [6.07, 6.45) is -1.00. The molecule has 2 rings (SSSR count). The fraction of sp³-hybridized carbons (Fsp3) is 0.176. The van der Waals surface area contributed by atoms with E-state index in [1.54, 1.807) is 37.3 Å². The Labute approximate surface area is 140 Å². The van der Waals surface area contributed by atoms with E-state index in [-0.39, 0.29) is 16.2 Å². The summed E-state index contributed by atoms with van der Waals surface area (Å²) in [5.74, 6) is -1.13. The number of nitrogens with two attached hydrogens (primary N) is 1. The number of benzene rings is 2. The maximum atomic E-state index is 12.3. The van der Waals surface area contributed by atoms with Crippen LogP contribution in [0.4, 0.5) is 0 Å². The Morgan fingerprint density at radius 3 is 2.29 bits per heavy atom. The van der Waals surface area contributed by atoms with Gasteiger partial charge in [0, 0.05) is 5.56 Å². The fourth-order valence-electron chi connectivity index (χ4n) is 2.11. The summed E-state index contributed by atoms with van der Waals surface area (Å²) < 4.78 is 28.0. The number of aryl methyl sites for hydroxylation is 1. The maximum absolute atomic E-state index is 12.3. The highest BCUT2D eigenvalue weighted by Crippen LogP contribution is 2.17. The van der Waals surface area contributed by atoms with Gasteiger partial charge in [0.05, 0.1) is 10.5 Å². The van der Waals surface area contributed by atoms with Crippen molar-refractivity contribution in [1.29, 1.82) is 0 Å². The van der Waals surface area contributed by atoms with Crippen LogP contribution in [0.5, 0.6) is 0 Å². The van der Waals surface area contributed by atoms with E-state index in [0.29, 0.717) is 11.1 Å². The zero-order valence-electron chi connectivity index (χ0n) is 13.2. The number of primary sulfonamides is 1. The van der Waals surface area contributed by atoms with E-state index in [1.165, 1.54) is 19.1 Å². The van der Waals surface area contributed by atoms with Gasteiger partial charge in [0.1, 0.15) is 0 Å². The van der Waals surface area contributed by atoms with E-state index in [4.69, 9.17) is 9.88 Å². The van der Waals surface area contributed by atoms with Crippen molar-refractivity contribution < 1.29 is 22.7 Å². The zero-order valence-corrected chi connectivity index (χ0v) is 14.0. The lowest BCUT2D eigenvalue weighted by atomic mass is 10.1. The molecular formula is C17H17NO5S. The summed E-state index contributed by atoms with van der Waals surface area (Å²) in [7, 11) is -3.94. The molecule has 1 atom stereocenters. The Morgan fingerprint density at radius 2 is 1.71 bits per heavy atom. The number of ether oxygens (including phenoxy) is 1. The summed E-state index contributed by atoms with van der Waals surface area (Å²) in [5, 5.41) is 5.07. The molecule has 24 heavy (non-hydrogen) atoms. The van der Waals surface area contributed by atoms with E-state index in [0.717, 1.165) is 6.07 Å². The Kier molecular flexibility index (Phi) is 5.16. The molecule has 1 unspecified atom stereocenters. The average Bonchev–Trinajstić information content (AvgIpc) is 2.54. The predicted molar refractivity (Wildman–Crippen MR) is 88.2 cm³/mol. The highest BCUT2D eigenvalue weighted by atomic mass is 32.2. The van der Waals surface area contributed by atoms with E-state index in [2.05, 4.69) is 0 Å². The minimum atomic E-state index is -3.94. The van der Waals surface area contributed by atoms with Gasteiger partial charge in [-0.1, -0.05) is 36.4 Å². The van der Waals surface area contributed by atoms with Crippen molar-refractivity contribution in [2.75, 3.05) is 0 Å². The summed E-state index contributed by atoms with van der Waals surface area (Å²) in [5.41, 5.74) is 0.994. The van der Waals surface area contributed by atoms with E-state index in [1.807, 2.05) is 0 Å². The third kappa shape index (κ3) is 4.06. The average molecular weight is 347 g/mol. The van der Waals surface area contributed by atoms with Crippen LogP contribution in [-0.4, -0.2) is 26.3 Å². The van der Waals surface area contributed by atoms with E-state index < -0.39 is 22.1 Å². The molecule has 0 aromatic heterocycles. The van der Waals surface area contributed by atoms with Gasteiger partial charge in [0.15, 0.2) is 6.10 Å². The predicted octanol–water partition coefficient (Wildman–Crippen LogP) is 2.07. The minimum absolute atomic E-state index is 0.0502. The fourth-order valence-corrected chi connectivity index (χ4v) is 2.65. The molecule has 0 saturated carbocycles. The van der Waals surface area contributed by atoms with Crippen molar-refractivity contribution >= 4 is 21.8 Å². The number of rotatable bonds is 5. The van der Waals surface area contributed by atoms with Gasteiger partial charge in [-0.2, -0.15) is 0 Å². The van der Waals surface area contributed by atoms with Crippen LogP contribution in [0.3, 0.4) is 0 Å². The molecule has 0 heterocycles. The topological polar surface area (TPSA) is 104 Å². The highest BCUT2D eigenvalue weighted by molar-refractivity contribution is 7.89. The van der Waals surface area contributed by atoms with Crippen LogP contribution in [0.15, 0.2) is 53.4 Å². The van der Waals surface area contributed by atoms with Crippen LogP contribution in [-0.2, 0) is 14.8 Å². The molecule has 0 saturated heterocycles. The largest absolute Gasteiger partial charge is 0.451 e. The molecule has 0 amide bonds. The summed E-state index contributed by atoms with van der Waals surface area (Å²) in [4.78, 5) is 24.3. The molecular weight excluding hydrogens is 330 g/mol. The number of carbonyl (C=O) groups is 2. The number of esters is 1. The van der Waals surface area contributed by atoms with Crippen LogP contribution in [0, 0.1) is 6.92 Å². The number of hydrogen-bond acceptors (Lipinski definition) is 5. The monoisotopic (exact) mass is 347 g/mol. The molecule has 0 fully saturated rings. The van der Waals surface area contributed by atoms with Crippen LogP contribution in [0.2, 0.25) is 0 Å². The Morgan fingerprint density at radius 1 is 1.08 bits per heavy atom. The van der Waals surface area contributed by atoms with Crippen LogP contribution in [0.25, 0.3) is 0 Å². The van der Waals surface area contributed by atoms with Gasteiger partial charge in [0.2, 0.25) is 15.8 Å². The smallest absolute Gasteiger partial charge is 0.339 e. The molecule has 2 aromatic rings. The number of sulfonamides is 1. The minimum Gasteiger partial charge on any atom is -0.451 e. The first-order valence-electron chi connectivity index (χ1n) is 7.14. The lowest BCUT2D eigenvalue weighted by Crippen LogP contribution is -2.25. The molecule has 2 N–H and O–H groups in total. The SMILES string of the molecule is Cc1ccc(S(N)(=O)=O)cc1C(=O)OC(C)C(=O)c1ccccc1. The summed E-state index contributed by atoms with van der Waals surface area (Å²) >= 11 is 0. The summed E-state index contributed by atoms with van der Waals surface area (Å²) in [6, 6.07) is 12.4. The molecule has 0 aliphatic heterocycles. The first-order valence-corrected chi connectivity index (χ1v) is 8.68. The molecule has 0 radical (unpaired) electrons. The van der Waals surface area contributed by atoms with Gasteiger partial charge in [-0.05, 0) is 31.5 Å². The van der Waals surface area contributed by atoms with Crippen molar-refractivity contribution in [3.63, 3.8) is 0 Å².